The molecule has 2 aromatic rings. The molecule has 1 N–H and O–H groups in total. The molecule has 0 spiro atoms. The van der Waals surface area contributed by atoms with Gasteiger partial charge in [-0.25, -0.2) is 0 Å². The molecule has 1 aromatic heterocycles. The Kier molecular flexibility index (Phi) is 5.84. The standard InChI is InChI=1S/C17H23NO3/c1-4-11-18-17(14-7-5-6-8-15(14)20-3)16-10-9-13(21-16)12-19-2/h5-10,17-18H,4,11-12H2,1-3H3. The summed E-state index contributed by atoms with van der Waals surface area (Å²) in [7, 11) is 3.35. The van der Waals surface area contributed by atoms with Crippen molar-refractivity contribution in [2.24, 2.45) is 0 Å². The Balaban J connectivity index is 2.32. The van der Waals surface area contributed by atoms with Crippen molar-refractivity contribution in [1.82, 2.24) is 5.32 Å². The lowest BCUT2D eigenvalue weighted by molar-refractivity contribution is 0.162. The van der Waals surface area contributed by atoms with Crippen molar-refractivity contribution in [3.63, 3.8) is 0 Å². The van der Waals surface area contributed by atoms with Gasteiger partial charge < -0.3 is 19.2 Å². The zero-order valence-corrected chi connectivity index (χ0v) is 12.9. The number of hydrogen-bond acceptors (Lipinski definition) is 4. The second-order valence-electron chi connectivity index (χ2n) is 4.87. The summed E-state index contributed by atoms with van der Waals surface area (Å²) in [5.74, 6) is 2.56. The molecule has 0 saturated carbocycles. The van der Waals surface area contributed by atoms with Crippen LogP contribution in [-0.2, 0) is 11.3 Å². The van der Waals surface area contributed by atoms with Crippen molar-refractivity contribution in [1.29, 1.82) is 0 Å². The molecule has 0 aliphatic rings. The molecule has 114 valence electrons. The molecule has 0 saturated heterocycles. The molecule has 0 aliphatic carbocycles. The Hall–Kier alpha value is -1.78. The maximum Gasteiger partial charge on any atom is 0.129 e. The Morgan fingerprint density at radius 2 is 1.95 bits per heavy atom. The number of nitrogens with one attached hydrogen (secondary N) is 1. The first-order valence-electron chi connectivity index (χ1n) is 7.24. The lowest BCUT2D eigenvalue weighted by atomic mass is 10.0. The van der Waals surface area contributed by atoms with Crippen LogP contribution in [0.1, 0.15) is 36.5 Å². The van der Waals surface area contributed by atoms with Gasteiger partial charge in [-0.1, -0.05) is 25.1 Å². The van der Waals surface area contributed by atoms with E-state index in [1.807, 2.05) is 30.3 Å². The predicted octanol–water partition coefficient (Wildman–Crippen LogP) is 3.52. The summed E-state index contributed by atoms with van der Waals surface area (Å²) >= 11 is 0. The second kappa shape index (κ2) is 7.86. The summed E-state index contributed by atoms with van der Waals surface area (Å²) in [4.78, 5) is 0. The molecule has 1 aromatic carbocycles. The Bertz CT molecular complexity index is 550. The van der Waals surface area contributed by atoms with Gasteiger partial charge in [0, 0.05) is 12.7 Å². The topological polar surface area (TPSA) is 43.6 Å². The van der Waals surface area contributed by atoms with Crippen LogP contribution in [0.2, 0.25) is 0 Å². The molecule has 1 atom stereocenters. The van der Waals surface area contributed by atoms with Crippen LogP contribution >= 0.6 is 0 Å². The van der Waals surface area contributed by atoms with Crippen molar-refractivity contribution in [3.8, 4) is 5.75 Å². The van der Waals surface area contributed by atoms with E-state index in [1.165, 1.54) is 0 Å². The second-order valence-corrected chi connectivity index (χ2v) is 4.87. The average molecular weight is 289 g/mol. The third kappa shape index (κ3) is 3.86. The van der Waals surface area contributed by atoms with Gasteiger partial charge in [-0.2, -0.15) is 0 Å². The maximum atomic E-state index is 5.89. The Morgan fingerprint density at radius 1 is 1.14 bits per heavy atom. The molecule has 0 amide bonds. The van der Waals surface area contributed by atoms with E-state index in [1.54, 1.807) is 14.2 Å². The molecule has 1 heterocycles. The van der Waals surface area contributed by atoms with Gasteiger partial charge in [0.2, 0.25) is 0 Å². The van der Waals surface area contributed by atoms with Gasteiger partial charge in [-0.3, -0.25) is 0 Å². The normalized spacial score (nSPS) is 12.3. The van der Waals surface area contributed by atoms with Gasteiger partial charge in [0.1, 0.15) is 23.9 Å². The van der Waals surface area contributed by atoms with E-state index in [2.05, 4.69) is 18.3 Å². The zero-order chi connectivity index (χ0) is 15.1. The van der Waals surface area contributed by atoms with E-state index in [0.717, 1.165) is 35.8 Å². The van der Waals surface area contributed by atoms with Gasteiger partial charge in [-0.15, -0.1) is 0 Å². The molecular weight excluding hydrogens is 266 g/mol. The molecule has 0 radical (unpaired) electrons. The third-order valence-corrected chi connectivity index (χ3v) is 3.30. The maximum absolute atomic E-state index is 5.89. The highest BCUT2D eigenvalue weighted by Crippen LogP contribution is 2.31. The van der Waals surface area contributed by atoms with Gasteiger partial charge in [0.05, 0.1) is 13.2 Å². The van der Waals surface area contributed by atoms with Crippen LogP contribution in [0.4, 0.5) is 0 Å². The van der Waals surface area contributed by atoms with E-state index in [-0.39, 0.29) is 6.04 Å². The van der Waals surface area contributed by atoms with Gasteiger partial charge in [0.25, 0.3) is 0 Å². The highest BCUT2D eigenvalue weighted by Gasteiger charge is 2.20. The highest BCUT2D eigenvalue weighted by atomic mass is 16.5. The van der Waals surface area contributed by atoms with Gasteiger partial charge in [0.15, 0.2) is 0 Å². The molecular formula is C17H23NO3. The molecule has 21 heavy (non-hydrogen) atoms. The molecule has 0 bridgehead atoms. The zero-order valence-electron chi connectivity index (χ0n) is 12.9. The first-order valence-corrected chi connectivity index (χ1v) is 7.24. The minimum atomic E-state index is -0.0216. The predicted molar refractivity (Wildman–Crippen MR) is 82.6 cm³/mol. The number of hydrogen-bond donors (Lipinski definition) is 1. The minimum absolute atomic E-state index is 0.0216. The number of furan rings is 1. The molecule has 2 rings (SSSR count). The summed E-state index contributed by atoms with van der Waals surface area (Å²) in [6.45, 7) is 3.53. The highest BCUT2D eigenvalue weighted by molar-refractivity contribution is 5.39. The third-order valence-electron chi connectivity index (χ3n) is 3.30. The Morgan fingerprint density at radius 3 is 2.67 bits per heavy atom. The SMILES string of the molecule is CCCNC(c1ccc(COC)o1)c1ccccc1OC. The summed E-state index contributed by atoms with van der Waals surface area (Å²) < 4.78 is 16.5. The first-order chi connectivity index (χ1) is 10.3. The number of para-hydroxylation sites is 1. The monoisotopic (exact) mass is 289 g/mol. The fourth-order valence-electron chi connectivity index (χ4n) is 2.33. The Labute approximate surface area is 126 Å². The van der Waals surface area contributed by atoms with Crippen LogP contribution in [0.5, 0.6) is 5.75 Å². The van der Waals surface area contributed by atoms with Crippen LogP contribution in [-0.4, -0.2) is 20.8 Å². The van der Waals surface area contributed by atoms with Crippen LogP contribution in [0, 0.1) is 0 Å². The van der Waals surface area contributed by atoms with Crippen LogP contribution in [0.3, 0.4) is 0 Å². The largest absolute Gasteiger partial charge is 0.496 e. The summed E-state index contributed by atoms with van der Waals surface area (Å²) in [5.41, 5.74) is 1.08. The van der Waals surface area contributed by atoms with E-state index < -0.39 is 0 Å². The van der Waals surface area contributed by atoms with Crippen molar-refractivity contribution >= 4 is 0 Å². The number of methoxy groups -OCH3 is 2. The fraction of sp³-hybridized carbons (Fsp3) is 0.412. The van der Waals surface area contributed by atoms with E-state index >= 15 is 0 Å². The van der Waals surface area contributed by atoms with Crippen LogP contribution in [0.15, 0.2) is 40.8 Å². The lowest BCUT2D eigenvalue weighted by Gasteiger charge is -2.19. The quantitative estimate of drug-likeness (QED) is 0.807. The smallest absolute Gasteiger partial charge is 0.129 e. The van der Waals surface area contributed by atoms with E-state index in [4.69, 9.17) is 13.9 Å². The fourth-order valence-corrected chi connectivity index (χ4v) is 2.33. The van der Waals surface area contributed by atoms with E-state index in [0.29, 0.717) is 6.61 Å². The van der Waals surface area contributed by atoms with Crippen molar-refractivity contribution in [3.05, 3.63) is 53.5 Å². The molecule has 0 aliphatic heterocycles. The number of benzene rings is 1. The average Bonchev–Trinajstić information content (AvgIpc) is 2.97. The van der Waals surface area contributed by atoms with Crippen molar-refractivity contribution in [2.75, 3.05) is 20.8 Å². The molecule has 1 unspecified atom stereocenters. The molecule has 0 fully saturated rings. The minimum Gasteiger partial charge on any atom is -0.496 e. The van der Waals surface area contributed by atoms with Gasteiger partial charge >= 0.3 is 0 Å². The van der Waals surface area contributed by atoms with E-state index in [9.17, 15) is 0 Å². The molecule has 4 nitrogen and oxygen atoms in total. The van der Waals surface area contributed by atoms with Crippen LogP contribution < -0.4 is 10.1 Å². The number of rotatable bonds is 8. The summed E-state index contributed by atoms with van der Waals surface area (Å²) in [6, 6.07) is 11.9. The number of ether oxygens (including phenoxy) is 2. The molecule has 4 heteroatoms. The summed E-state index contributed by atoms with van der Waals surface area (Å²) in [6.07, 6.45) is 1.05. The van der Waals surface area contributed by atoms with Crippen molar-refractivity contribution in [2.45, 2.75) is 26.0 Å². The first kappa shape index (κ1) is 15.6. The lowest BCUT2D eigenvalue weighted by Crippen LogP contribution is -2.23. The summed E-state index contributed by atoms with van der Waals surface area (Å²) in [5, 5.41) is 3.52. The van der Waals surface area contributed by atoms with Crippen molar-refractivity contribution < 1.29 is 13.9 Å². The van der Waals surface area contributed by atoms with Crippen LogP contribution in [0.25, 0.3) is 0 Å². The van der Waals surface area contributed by atoms with Gasteiger partial charge in [-0.05, 0) is 31.2 Å².